The summed E-state index contributed by atoms with van der Waals surface area (Å²) in [4.78, 5) is 12.1. The lowest BCUT2D eigenvalue weighted by molar-refractivity contribution is -0.140. The highest BCUT2D eigenvalue weighted by molar-refractivity contribution is 6.34. The number of carbonyl (C=O) groups is 1. The van der Waals surface area contributed by atoms with Gasteiger partial charge in [0.1, 0.15) is 16.4 Å². The number of benzene rings is 1. The van der Waals surface area contributed by atoms with Crippen molar-refractivity contribution in [3.8, 4) is 11.5 Å². The molecular weight excluding hydrogens is 395 g/mol. The van der Waals surface area contributed by atoms with Crippen LogP contribution in [0.5, 0.6) is 11.5 Å². The van der Waals surface area contributed by atoms with Crippen LogP contribution in [0.15, 0.2) is 18.0 Å². The Morgan fingerprint density at radius 1 is 1.24 bits per heavy atom. The van der Waals surface area contributed by atoms with E-state index in [1.807, 2.05) is 26.8 Å². The first-order valence-corrected chi connectivity index (χ1v) is 10.4. The zero-order valence-electron chi connectivity index (χ0n) is 18.2. The summed E-state index contributed by atoms with van der Waals surface area (Å²) in [7, 11) is 0. The average Bonchev–Trinajstić information content (AvgIpc) is 2.64. The highest BCUT2D eigenvalue weighted by Gasteiger charge is 2.33. The second kappa shape index (κ2) is 9.21. The minimum atomic E-state index is -0.988. The van der Waals surface area contributed by atoms with E-state index < -0.39 is 17.4 Å². The van der Waals surface area contributed by atoms with Gasteiger partial charge in [-0.25, -0.2) is 4.79 Å². The first kappa shape index (κ1) is 23.3. The fraction of sp³-hybridized carbons (Fsp3) is 0.522. The quantitative estimate of drug-likeness (QED) is 0.365. The van der Waals surface area contributed by atoms with Gasteiger partial charge in [0, 0.05) is 16.7 Å². The topological polar surface area (TPSA) is 44.8 Å². The van der Waals surface area contributed by atoms with E-state index in [0.29, 0.717) is 23.7 Å². The molecule has 0 fully saturated rings. The van der Waals surface area contributed by atoms with E-state index >= 15 is 0 Å². The van der Waals surface area contributed by atoms with Crippen molar-refractivity contribution in [2.24, 2.45) is 5.92 Å². The number of ether oxygens (including phenoxy) is 3. The number of hydrogen-bond donors (Lipinski definition) is 0. The molecule has 0 aliphatic carbocycles. The van der Waals surface area contributed by atoms with Gasteiger partial charge < -0.3 is 14.2 Å². The van der Waals surface area contributed by atoms with Gasteiger partial charge in [-0.2, -0.15) is 4.39 Å². The van der Waals surface area contributed by atoms with E-state index in [4.69, 9.17) is 25.8 Å². The summed E-state index contributed by atoms with van der Waals surface area (Å²) in [5.41, 5.74) is 1.93. The van der Waals surface area contributed by atoms with E-state index in [1.165, 1.54) is 0 Å². The Bertz CT molecular complexity index is 853. The zero-order chi connectivity index (χ0) is 21.9. The van der Waals surface area contributed by atoms with Crippen molar-refractivity contribution < 1.29 is 23.4 Å². The smallest absolute Gasteiger partial charge is 0.367 e. The molecular formula is C23H30ClFO4. The SMILES string of the molecule is CCOC(=O)/C(F)=C(/CC)c1cc2c(c(Cl)c1OCC)OC(C)(C)C=C2C(C)C. The van der Waals surface area contributed by atoms with Crippen molar-refractivity contribution in [1.82, 2.24) is 0 Å². The normalized spacial score (nSPS) is 15.9. The maximum atomic E-state index is 15.0. The third-order valence-corrected chi connectivity index (χ3v) is 5.01. The van der Waals surface area contributed by atoms with Gasteiger partial charge in [-0.1, -0.05) is 32.4 Å². The predicted molar refractivity (Wildman–Crippen MR) is 115 cm³/mol. The molecule has 0 unspecified atom stereocenters. The minimum absolute atomic E-state index is 0.0929. The molecule has 1 heterocycles. The number of carbonyl (C=O) groups excluding carboxylic acids is 1. The van der Waals surface area contributed by atoms with Crippen LogP contribution in [0, 0.1) is 5.92 Å². The van der Waals surface area contributed by atoms with E-state index in [2.05, 4.69) is 19.9 Å². The number of halogens is 2. The van der Waals surface area contributed by atoms with Crippen molar-refractivity contribution in [3.05, 3.63) is 34.1 Å². The minimum Gasteiger partial charge on any atom is -0.492 e. The van der Waals surface area contributed by atoms with Gasteiger partial charge in [0.05, 0.1) is 13.2 Å². The molecule has 1 aliphatic heterocycles. The lowest BCUT2D eigenvalue weighted by Gasteiger charge is -2.34. The van der Waals surface area contributed by atoms with Crippen molar-refractivity contribution >= 4 is 28.7 Å². The molecule has 4 nitrogen and oxygen atoms in total. The highest BCUT2D eigenvalue weighted by Crippen LogP contribution is 2.50. The molecule has 0 bridgehead atoms. The van der Waals surface area contributed by atoms with Crippen LogP contribution in [0.4, 0.5) is 4.39 Å². The average molecular weight is 425 g/mol. The molecule has 0 saturated carbocycles. The summed E-state index contributed by atoms with van der Waals surface area (Å²) in [6, 6.07) is 1.81. The van der Waals surface area contributed by atoms with E-state index in [0.717, 1.165) is 11.1 Å². The van der Waals surface area contributed by atoms with Crippen LogP contribution in [-0.2, 0) is 9.53 Å². The summed E-state index contributed by atoms with van der Waals surface area (Å²) in [6.45, 7) is 13.7. The van der Waals surface area contributed by atoms with E-state index in [9.17, 15) is 9.18 Å². The van der Waals surface area contributed by atoms with Crippen molar-refractivity contribution in [2.45, 2.75) is 60.5 Å². The Morgan fingerprint density at radius 3 is 2.41 bits per heavy atom. The molecule has 1 aliphatic rings. The van der Waals surface area contributed by atoms with Crippen molar-refractivity contribution in [1.29, 1.82) is 0 Å². The predicted octanol–water partition coefficient (Wildman–Crippen LogP) is 6.60. The Kier molecular flexibility index (Phi) is 7.39. The number of fused-ring (bicyclic) bond motifs is 1. The standard InChI is InChI=1S/C23H30ClFO4/c1-8-14(19(25)22(26)28-10-3)15-11-16-17(13(4)5)12-23(6,7)29-21(16)18(24)20(15)27-9-2/h11-13H,8-10H2,1-7H3/b19-14+. The molecule has 6 heteroatoms. The van der Waals surface area contributed by atoms with Crippen molar-refractivity contribution in [3.63, 3.8) is 0 Å². The maximum absolute atomic E-state index is 15.0. The van der Waals surface area contributed by atoms with Crippen LogP contribution in [-0.4, -0.2) is 24.8 Å². The van der Waals surface area contributed by atoms with Crippen LogP contribution in [0.3, 0.4) is 0 Å². The first-order chi connectivity index (χ1) is 13.6. The van der Waals surface area contributed by atoms with Crippen LogP contribution >= 0.6 is 11.6 Å². The molecule has 0 saturated heterocycles. The molecule has 160 valence electrons. The summed E-state index contributed by atoms with van der Waals surface area (Å²) < 4.78 is 31.7. The van der Waals surface area contributed by atoms with Crippen LogP contribution in [0.25, 0.3) is 11.1 Å². The number of allylic oxidation sites excluding steroid dienone is 2. The summed E-state index contributed by atoms with van der Waals surface area (Å²) >= 11 is 6.72. The summed E-state index contributed by atoms with van der Waals surface area (Å²) in [5.74, 6) is -0.897. The Morgan fingerprint density at radius 2 is 1.90 bits per heavy atom. The molecule has 0 radical (unpaired) electrons. The van der Waals surface area contributed by atoms with Crippen LogP contribution in [0.2, 0.25) is 5.02 Å². The lowest BCUT2D eigenvalue weighted by atomic mass is 9.85. The van der Waals surface area contributed by atoms with Gasteiger partial charge >= 0.3 is 5.97 Å². The van der Waals surface area contributed by atoms with Gasteiger partial charge in [0.15, 0.2) is 5.75 Å². The molecule has 0 spiro atoms. The van der Waals surface area contributed by atoms with Gasteiger partial charge in [-0.15, -0.1) is 0 Å². The molecule has 0 N–H and O–H groups in total. The first-order valence-electron chi connectivity index (χ1n) is 10.0. The second-order valence-corrected chi connectivity index (χ2v) is 8.08. The van der Waals surface area contributed by atoms with E-state index in [1.54, 1.807) is 13.8 Å². The maximum Gasteiger partial charge on any atom is 0.367 e. The second-order valence-electron chi connectivity index (χ2n) is 7.70. The Hall–Kier alpha value is -2.01. The van der Waals surface area contributed by atoms with Gasteiger partial charge in [0.2, 0.25) is 5.83 Å². The van der Waals surface area contributed by atoms with Crippen LogP contribution in [0.1, 0.15) is 66.0 Å². The van der Waals surface area contributed by atoms with Crippen molar-refractivity contribution in [2.75, 3.05) is 13.2 Å². The number of rotatable bonds is 7. The molecule has 1 aromatic carbocycles. The van der Waals surface area contributed by atoms with Gasteiger partial charge in [-0.05, 0) is 57.7 Å². The fourth-order valence-corrected chi connectivity index (χ4v) is 3.74. The van der Waals surface area contributed by atoms with E-state index in [-0.39, 0.29) is 29.5 Å². The zero-order valence-corrected chi connectivity index (χ0v) is 19.0. The number of hydrogen-bond acceptors (Lipinski definition) is 4. The van der Waals surface area contributed by atoms with Gasteiger partial charge in [-0.3, -0.25) is 0 Å². The molecule has 29 heavy (non-hydrogen) atoms. The highest BCUT2D eigenvalue weighted by atomic mass is 35.5. The molecule has 1 aromatic rings. The third kappa shape index (κ3) is 4.77. The number of esters is 1. The molecule has 0 atom stereocenters. The molecule has 0 aromatic heterocycles. The Labute approximate surface area is 177 Å². The summed E-state index contributed by atoms with van der Waals surface area (Å²) in [6.07, 6.45) is 2.32. The largest absolute Gasteiger partial charge is 0.492 e. The monoisotopic (exact) mass is 424 g/mol. The molecule has 0 amide bonds. The van der Waals surface area contributed by atoms with Crippen LogP contribution < -0.4 is 9.47 Å². The Balaban J connectivity index is 2.84. The summed E-state index contributed by atoms with van der Waals surface area (Å²) in [5, 5.41) is 0.279. The van der Waals surface area contributed by atoms with Gasteiger partial charge in [0.25, 0.3) is 0 Å². The lowest BCUT2D eigenvalue weighted by Crippen LogP contribution is -2.30. The fourth-order valence-electron chi connectivity index (χ4n) is 3.44. The molecule has 2 rings (SSSR count). The third-order valence-electron chi connectivity index (χ3n) is 4.66.